The molecule has 0 amide bonds. The fourth-order valence-corrected chi connectivity index (χ4v) is 3.27. The fraction of sp³-hybridized carbons (Fsp3) is 0.250. The van der Waals surface area contributed by atoms with Crippen molar-refractivity contribution in [2.45, 2.75) is 19.5 Å². The maximum absolute atomic E-state index is 12.6. The molecule has 0 radical (unpaired) electrons. The SMILES string of the molecule is CN(C)Cc1cc(Cl)cc(-c2cn(Cc3ccc(-c4nnc(C(F)F)o4)cn3)nn2)c1. The standard InChI is InChI=1S/C20H18ClF2N7O/c1-29(2)9-12-5-14(7-15(21)6-12)17-11-30(28-25-17)10-16-4-3-13(8-24-16)19-26-27-20(31-19)18(22)23/h3-8,11,18H,9-10H2,1-2H3. The Morgan fingerprint density at radius 2 is 1.94 bits per heavy atom. The highest BCUT2D eigenvalue weighted by Crippen LogP contribution is 2.25. The van der Waals surface area contributed by atoms with E-state index in [4.69, 9.17) is 16.0 Å². The molecule has 8 nitrogen and oxygen atoms in total. The summed E-state index contributed by atoms with van der Waals surface area (Å²) in [5, 5.41) is 16.0. The maximum Gasteiger partial charge on any atom is 0.314 e. The first kappa shape index (κ1) is 21.0. The van der Waals surface area contributed by atoms with E-state index in [0.29, 0.717) is 28.5 Å². The van der Waals surface area contributed by atoms with Gasteiger partial charge in [-0.2, -0.15) is 8.78 Å². The average molecular weight is 446 g/mol. The predicted octanol–water partition coefficient (Wildman–Crippen LogP) is 4.09. The Balaban J connectivity index is 1.48. The fourth-order valence-electron chi connectivity index (χ4n) is 3.01. The third kappa shape index (κ3) is 5.09. The van der Waals surface area contributed by atoms with Crippen molar-refractivity contribution >= 4 is 11.6 Å². The molecule has 0 N–H and O–H groups in total. The summed E-state index contributed by atoms with van der Waals surface area (Å²) >= 11 is 6.26. The van der Waals surface area contributed by atoms with E-state index in [1.807, 2.05) is 38.5 Å². The Labute approximate surface area is 181 Å². The summed E-state index contributed by atoms with van der Waals surface area (Å²) in [6, 6.07) is 9.21. The van der Waals surface area contributed by atoms with Crippen LogP contribution < -0.4 is 0 Å². The van der Waals surface area contributed by atoms with Gasteiger partial charge in [-0.05, 0) is 50.0 Å². The first-order chi connectivity index (χ1) is 14.9. The first-order valence-corrected chi connectivity index (χ1v) is 9.67. The van der Waals surface area contributed by atoms with Gasteiger partial charge in [-0.3, -0.25) is 4.98 Å². The largest absolute Gasteiger partial charge is 0.415 e. The van der Waals surface area contributed by atoms with Gasteiger partial charge in [-0.25, -0.2) is 4.68 Å². The molecule has 0 fully saturated rings. The summed E-state index contributed by atoms with van der Waals surface area (Å²) in [6.45, 7) is 1.14. The molecule has 4 rings (SSSR count). The predicted molar refractivity (Wildman–Crippen MR) is 109 cm³/mol. The van der Waals surface area contributed by atoms with Gasteiger partial charge in [0, 0.05) is 23.3 Å². The van der Waals surface area contributed by atoms with E-state index in [2.05, 4.69) is 30.4 Å². The van der Waals surface area contributed by atoms with Crippen LogP contribution >= 0.6 is 11.6 Å². The van der Waals surface area contributed by atoms with E-state index < -0.39 is 12.3 Å². The van der Waals surface area contributed by atoms with Crippen LogP contribution in [0.3, 0.4) is 0 Å². The zero-order valence-corrected chi connectivity index (χ0v) is 17.5. The van der Waals surface area contributed by atoms with Gasteiger partial charge in [0.2, 0.25) is 5.89 Å². The summed E-state index contributed by atoms with van der Waals surface area (Å²) in [5.74, 6) is -0.726. The number of pyridine rings is 1. The summed E-state index contributed by atoms with van der Waals surface area (Å²) in [7, 11) is 3.98. The van der Waals surface area contributed by atoms with Crippen LogP contribution in [0.4, 0.5) is 8.78 Å². The summed E-state index contributed by atoms with van der Waals surface area (Å²) in [5.41, 5.74) is 3.81. The van der Waals surface area contributed by atoms with Crippen molar-refractivity contribution in [3.05, 3.63) is 64.9 Å². The topological polar surface area (TPSA) is 85.8 Å². The Morgan fingerprint density at radius 3 is 2.61 bits per heavy atom. The lowest BCUT2D eigenvalue weighted by molar-refractivity contribution is 0.116. The quantitative estimate of drug-likeness (QED) is 0.423. The molecule has 0 aliphatic rings. The molecule has 4 aromatic rings. The molecule has 0 aliphatic heterocycles. The number of aromatic nitrogens is 6. The zero-order chi connectivity index (χ0) is 22.0. The minimum absolute atomic E-state index is 0.00752. The van der Waals surface area contributed by atoms with Crippen LogP contribution in [-0.4, -0.2) is 49.2 Å². The number of halogens is 3. The average Bonchev–Trinajstić information content (AvgIpc) is 3.37. The summed E-state index contributed by atoms with van der Waals surface area (Å²) < 4.78 is 31.8. The van der Waals surface area contributed by atoms with Crippen molar-refractivity contribution in [1.29, 1.82) is 0 Å². The second-order valence-corrected chi connectivity index (χ2v) is 7.61. The molecule has 31 heavy (non-hydrogen) atoms. The maximum atomic E-state index is 12.6. The van der Waals surface area contributed by atoms with Crippen molar-refractivity contribution in [2.24, 2.45) is 0 Å². The van der Waals surface area contributed by atoms with E-state index in [-0.39, 0.29) is 5.89 Å². The molecule has 0 atom stereocenters. The van der Waals surface area contributed by atoms with Crippen LogP contribution in [0, 0.1) is 0 Å². The number of rotatable bonds is 7. The van der Waals surface area contributed by atoms with E-state index in [0.717, 1.165) is 17.7 Å². The van der Waals surface area contributed by atoms with Crippen LogP contribution in [-0.2, 0) is 13.1 Å². The first-order valence-electron chi connectivity index (χ1n) is 9.29. The van der Waals surface area contributed by atoms with Gasteiger partial charge < -0.3 is 9.32 Å². The Morgan fingerprint density at radius 1 is 1.10 bits per heavy atom. The van der Waals surface area contributed by atoms with Crippen molar-refractivity contribution in [3.63, 3.8) is 0 Å². The van der Waals surface area contributed by atoms with Crippen LogP contribution in [0.5, 0.6) is 0 Å². The van der Waals surface area contributed by atoms with Crippen molar-refractivity contribution in [2.75, 3.05) is 14.1 Å². The van der Waals surface area contributed by atoms with Crippen molar-refractivity contribution in [3.8, 4) is 22.7 Å². The molecule has 0 saturated carbocycles. The number of hydrogen-bond acceptors (Lipinski definition) is 7. The second-order valence-electron chi connectivity index (χ2n) is 7.17. The molecule has 3 aromatic heterocycles. The molecular formula is C20H18ClF2N7O. The van der Waals surface area contributed by atoms with Crippen molar-refractivity contribution < 1.29 is 13.2 Å². The molecule has 0 saturated heterocycles. The highest BCUT2D eigenvalue weighted by atomic mass is 35.5. The molecule has 0 spiro atoms. The third-order valence-electron chi connectivity index (χ3n) is 4.31. The van der Waals surface area contributed by atoms with E-state index in [1.54, 1.807) is 16.8 Å². The van der Waals surface area contributed by atoms with Crippen LogP contribution in [0.2, 0.25) is 5.02 Å². The minimum atomic E-state index is -2.81. The number of nitrogens with zero attached hydrogens (tertiary/aromatic N) is 7. The smallest absolute Gasteiger partial charge is 0.314 e. The Bertz CT molecular complexity index is 1170. The summed E-state index contributed by atoms with van der Waals surface area (Å²) in [4.78, 5) is 6.38. The molecule has 1 aromatic carbocycles. The number of benzene rings is 1. The second kappa shape index (κ2) is 8.86. The van der Waals surface area contributed by atoms with Gasteiger partial charge in [0.1, 0.15) is 5.69 Å². The lowest BCUT2D eigenvalue weighted by Gasteiger charge is -2.11. The van der Waals surface area contributed by atoms with Crippen molar-refractivity contribution in [1.82, 2.24) is 35.1 Å². The van der Waals surface area contributed by atoms with Gasteiger partial charge in [-0.1, -0.05) is 16.8 Å². The lowest BCUT2D eigenvalue weighted by Crippen LogP contribution is -2.10. The van der Waals surface area contributed by atoms with Crippen LogP contribution in [0.25, 0.3) is 22.7 Å². The molecule has 11 heteroatoms. The van der Waals surface area contributed by atoms with E-state index >= 15 is 0 Å². The van der Waals surface area contributed by atoms with Crippen LogP contribution in [0.15, 0.2) is 47.1 Å². The van der Waals surface area contributed by atoms with Gasteiger partial charge >= 0.3 is 6.43 Å². The Kier molecular flexibility index (Phi) is 6.01. The summed E-state index contributed by atoms with van der Waals surface area (Å²) in [6.07, 6.45) is 0.488. The van der Waals surface area contributed by atoms with Gasteiger partial charge in [-0.15, -0.1) is 15.3 Å². The number of hydrogen-bond donors (Lipinski definition) is 0. The third-order valence-corrected chi connectivity index (χ3v) is 4.53. The highest BCUT2D eigenvalue weighted by molar-refractivity contribution is 6.30. The monoisotopic (exact) mass is 445 g/mol. The minimum Gasteiger partial charge on any atom is -0.415 e. The highest BCUT2D eigenvalue weighted by Gasteiger charge is 2.17. The van der Waals surface area contributed by atoms with Gasteiger partial charge in [0.05, 0.1) is 24.0 Å². The molecule has 160 valence electrons. The lowest BCUT2D eigenvalue weighted by atomic mass is 10.1. The molecule has 0 bridgehead atoms. The van der Waals surface area contributed by atoms with E-state index in [1.165, 1.54) is 6.20 Å². The molecule has 0 unspecified atom stereocenters. The number of alkyl halides is 2. The zero-order valence-electron chi connectivity index (χ0n) is 16.7. The van der Waals surface area contributed by atoms with E-state index in [9.17, 15) is 8.78 Å². The molecule has 3 heterocycles. The Hall–Kier alpha value is -3.24. The van der Waals surface area contributed by atoms with Gasteiger partial charge in [0.15, 0.2) is 0 Å². The van der Waals surface area contributed by atoms with Crippen LogP contribution in [0.1, 0.15) is 23.6 Å². The van der Waals surface area contributed by atoms with Gasteiger partial charge in [0.25, 0.3) is 5.89 Å². The molecule has 0 aliphatic carbocycles. The normalized spacial score (nSPS) is 11.6. The molecular weight excluding hydrogens is 428 g/mol.